The van der Waals surface area contributed by atoms with Gasteiger partial charge in [0.1, 0.15) is 0 Å². The van der Waals surface area contributed by atoms with Crippen LogP contribution >= 0.6 is 0 Å². The highest BCUT2D eigenvalue weighted by atomic mass is 16.3. The van der Waals surface area contributed by atoms with Crippen LogP contribution in [0.25, 0.3) is 11.0 Å². The fraction of sp³-hybridized carbons (Fsp3) is 0.318. The van der Waals surface area contributed by atoms with Gasteiger partial charge >= 0.3 is 0 Å². The van der Waals surface area contributed by atoms with Crippen LogP contribution in [0.3, 0.4) is 0 Å². The third kappa shape index (κ3) is 3.37. The fourth-order valence-electron chi connectivity index (χ4n) is 3.65. The Morgan fingerprint density at radius 1 is 1.32 bits per heavy atom. The van der Waals surface area contributed by atoms with E-state index in [1.165, 1.54) is 0 Å². The van der Waals surface area contributed by atoms with Gasteiger partial charge in [0.15, 0.2) is 0 Å². The van der Waals surface area contributed by atoms with Gasteiger partial charge in [-0.3, -0.25) is 10.1 Å². The first-order chi connectivity index (χ1) is 13.5. The normalized spacial score (nSPS) is 16.2. The van der Waals surface area contributed by atoms with Gasteiger partial charge in [-0.25, -0.2) is 4.98 Å². The van der Waals surface area contributed by atoms with Crippen molar-refractivity contribution in [2.45, 2.75) is 44.2 Å². The zero-order valence-corrected chi connectivity index (χ0v) is 15.7. The van der Waals surface area contributed by atoms with E-state index in [2.05, 4.69) is 16.4 Å². The quantitative estimate of drug-likeness (QED) is 0.709. The van der Waals surface area contributed by atoms with E-state index in [0.717, 1.165) is 30.3 Å². The van der Waals surface area contributed by atoms with Gasteiger partial charge in [-0.1, -0.05) is 30.3 Å². The fourth-order valence-corrected chi connectivity index (χ4v) is 3.65. The molecule has 1 amide bonds. The topological polar surface area (TPSA) is 90.9 Å². The van der Waals surface area contributed by atoms with Gasteiger partial charge in [-0.2, -0.15) is 5.26 Å². The molecule has 0 saturated heterocycles. The molecule has 1 fully saturated rings. The molecule has 0 bridgehead atoms. The third-order valence-corrected chi connectivity index (χ3v) is 5.41. The van der Waals surface area contributed by atoms with Crippen LogP contribution in [0.5, 0.6) is 0 Å². The van der Waals surface area contributed by atoms with Crippen molar-refractivity contribution in [1.29, 1.82) is 5.26 Å². The van der Waals surface area contributed by atoms with E-state index < -0.39 is 5.60 Å². The highest BCUT2D eigenvalue weighted by Crippen LogP contribution is 2.37. The Morgan fingerprint density at radius 2 is 2.07 bits per heavy atom. The summed E-state index contributed by atoms with van der Waals surface area (Å²) in [6, 6.07) is 16.9. The molecule has 6 heteroatoms. The minimum absolute atomic E-state index is 0.0751. The van der Waals surface area contributed by atoms with Gasteiger partial charge in [0.2, 0.25) is 11.9 Å². The van der Waals surface area contributed by atoms with Crippen molar-refractivity contribution in [3.8, 4) is 6.07 Å². The number of nitriles is 1. The first-order valence-electron chi connectivity index (χ1n) is 9.48. The molecule has 2 aromatic carbocycles. The summed E-state index contributed by atoms with van der Waals surface area (Å²) in [6.07, 6.45) is 3.10. The maximum atomic E-state index is 12.7. The molecule has 28 heavy (non-hydrogen) atoms. The molecule has 0 unspecified atom stereocenters. The second-order valence-corrected chi connectivity index (χ2v) is 7.57. The van der Waals surface area contributed by atoms with Crippen molar-refractivity contribution >= 4 is 22.9 Å². The highest BCUT2D eigenvalue weighted by molar-refractivity contribution is 5.92. The number of amides is 1. The lowest BCUT2D eigenvalue weighted by Gasteiger charge is -2.29. The number of fused-ring (bicyclic) bond motifs is 1. The maximum absolute atomic E-state index is 12.7. The molecule has 0 spiro atoms. The minimum Gasteiger partial charge on any atom is -0.385 e. The van der Waals surface area contributed by atoms with Gasteiger partial charge in [-0.15, -0.1) is 0 Å². The molecule has 1 saturated carbocycles. The van der Waals surface area contributed by atoms with E-state index in [-0.39, 0.29) is 18.4 Å². The molecule has 1 heterocycles. The molecule has 0 aliphatic heterocycles. The second-order valence-electron chi connectivity index (χ2n) is 7.57. The standard InChI is InChI=1S/C22H22N4O2/c1-22(28,16-6-3-2-4-7-16)13-20(27)25-21-24-18-11-10-15(14-23)12-19(18)26(21)17-8-5-9-17/h2-4,6-7,10-12,17,28H,5,8-9,13H2,1H3,(H,24,25,27)/t22-/m0/s1. The van der Waals surface area contributed by atoms with Crippen molar-refractivity contribution in [2.75, 3.05) is 5.32 Å². The number of carbonyl (C=O) groups excluding carboxylic acids is 1. The van der Waals surface area contributed by atoms with E-state index in [9.17, 15) is 15.2 Å². The van der Waals surface area contributed by atoms with Crippen molar-refractivity contribution in [2.24, 2.45) is 0 Å². The van der Waals surface area contributed by atoms with Crippen molar-refractivity contribution < 1.29 is 9.90 Å². The van der Waals surface area contributed by atoms with Crippen molar-refractivity contribution in [3.63, 3.8) is 0 Å². The number of aliphatic hydroxyl groups is 1. The number of imidazole rings is 1. The van der Waals surface area contributed by atoms with E-state index >= 15 is 0 Å². The lowest BCUT2D eigenvalue weighted by molar-refractivity contribution is -0.120. The second kappa shape index (κ2) is 7.10. The number of carbonyl (C=O) groups is 1. The lowest BCUT2D eigenvalue weighted by atomic mass is 9.92. The number of hydrogen-bond acceptors (Lipinski definition) is 4. The number of nitrogens with one attached hydrogen (secondary N) is 1. The first-order valence-corrected chi connectivity index (χ1v) is 9.48. The Labute approximate surface area is 163 Å². The van der Waals surface area contributed by atoms with Crippen LogP contribution in [-0.2, 0) is 10.4 Å². The number of hydrogen-bond donors (Lipinski definition) is 2. The van der Waals surface area contributed by atoms with Gasteiger partial charge < -0.3 is 9.67 Å². The van der Waals surface area contributed by atoms with Crippen LogP contribution in [0.15, 0.2) is 48.5 Å². The first kappa shape index (κ1) is 18.2. The zero-order valence-electron chi connectivity index (χ0n) is 15.7. The molecule has 1 aliphatic rings. The van der Waals surface area contributed by atoms with Gasteiger partial charge in [-0.05, 0) is 49.9 Å². The Balaban J connectivity index is 1.62. The zero-order chi connectivity index (χ0) is 19.7. The molecule has 0 radical (unpaired) electrons. The number of nitrogens with zero attached hydrogens (tertiary/aromatic N) is 3. The smallest absolute Gasteiger partial charge is 0.229 e. The average molecular weight is 374 g/mol. The van der Waals surface area contributed by atoms with Crippen LogP contribution in [-0.4, -0.2) is 20.6 Å². The minimum atomic E-state index is -1.27. The number of benzene rings is 2. The lowest BCUT2D eigenvalue weighted by Crippen LogP contribution is -2.30. The third-order valence-electron chi connectivity index (χ3n) is 5.41. The van der Waals surface area contributed by atoms with E-state index in [0.29, 0.717) is 17.1 Å². The number of anilines is 1. The van der Waals surface area contributed by atoms with E-state index in [1.54, 1.807) is 31.2 Å². The molecule has 142 valence electrons. The molecule has 4 rings (SSSR count). The van der Waals surface area contributed by atoms with Gasteiger partial charge in [0.25, 0.3) is 0 Å². The summed E-state index contributed by atoms with van der Waals surface area (Å²) in [5.74, 6) is 0.175. The van der Waals surface area contributed by atoms with E-state index in [4.69, 9.17) is 0 Å². The number of rotatable bonds is 5. The van der Waals surface area contributed by atoms with Crippen LogP contribution in [0.1, 0.15) is 49.8 Å². The SMILES string of the molecule is C[C@](O)(CC(=O)Nc1nc2ccc(C#N)cc2n1C1CCC1)c1ccccc1. The van der Waals surface area contributed by atoms with Crippen molar-refractivity contribution in [3.05, 3.63) is 59.7 Å². The monoisotopic (exact) mass is 374 g/mol. The average Bonchev–Trinajstić information content (AvgIpc) is 2.97. The maximum Gasteiger partial charge on any atom is 0.229 e. The molecule has 1 atom stereocenters. The molecular weight excluding hydrogens is 352 g/mol. The Kier molecular flexibility index (Phi) is 4.62. The molecule has 1 aliphatic carbocycles. The summed E-state index contributed by atoms with van der Waals surface area (Å²) in [4.78, 5) is 17.3. The molecule has 6 nitrogen and oxygen atoms in total. The van der Waals surface area contributed by atoms with Crippen LogP contribution in [0.2, 0.25) is 0 Å². The van der Waals surface area contributed by atoms with Gasteiger partial charge in [0.05, 0.1) is 34.7 Å². The Hall–Kier alpha value is -3.17. The summed E-state index contributed by atoms with van der Waals surface area (Å²) < 4.78 is 2.02. The Morgan fingerprint density at radius 3 is 2.71 bits per heavy atom. The summed E-state index contributed by atoms with van der Waals surface area (Å²) in [5, 5.41) is 22.8. The largest absolute Gasteiger partial charge is 0.385 e. The Bertz CT molecular complexity index is 1060. The van der Waals surface area contributed by atoms with Crippen LogP contribution < -0.4 is 5.32 Å². The summed E-state index contributed by atoms with van der Waals surface area (Å²) in [5.41, 5.74) is 1.59. The van der Waals surface area contributed by atoms with Crippen molar-refractivity contribution in [1.82, 2.24) is 9.55 Å². The van der Waals surface area contributed by atoms with Crippen LogP contribution in [0, 0.1) is 11.3 Å². The highest BCUT2D eigenvalue weighted by Gasteiger charge is 2.29. The van der Waals surface area contributed by atoms with Gasteiger partial charge in [0, 0.05) is 6.04 Å². The summed E-state index contributed by atoms with van der Waals surface area (Å²) >= 11 is 0. The molecule has 2 N–H and O–H groups in total. The molecule has 3 aromatic rings. The predicted octanol–water partition coefficient (Wildman–Crippen LogP) is 3.87. The summed E-state index contributed by atoms with van der Waals surface area (Å²) in [6.45, 7) is 1.63. The summed E-state index contributed by atoms with van der Waals surface area (Å²) in [7, 11) is 0. The molecular formula is C22H22N4O2. The number of aromatic nitrogens is 2. The van der Waals surface area contributed by atoms with Crippen LogP contribution in [0.4, 0.5) is 5.95 Å². The predicted molar refractivity (Wildman–Crippen MR) is 107 cm³/mol. The van der Waals surface area contributed by atoms with E-state index in [1.807, 2.05) is 28.8 Å². The molecule has 1 aromatic heterocycles.